The monoisotopic (exact) mass is 408 g/mol. The molecule has 2 nitrogen and oxygen atoms in total. The summed E-state index contributed by atoms with van der Waals surface area (Å²) in [6, 6.07) is 3.36. The molecule has 0 aliphatic rings. The topological polar surface area (TPSA) is 17.8 Å². The fourth-order valence-electron chi connectivity index (χ4n) is 2.34. The van der Waals surface area contributed by atoms with E-state index in [4.69, 9.17) is 11.6 Å². The lowest BCUT2D eigenvalue weighted by Crippen LogP contribution is -2.03. The molecule has 0 saturated carbocycles. The van der Waals surface area contributed by atoms with Crippen LogP contribution >= 0.6 is 34.2 Å². The van der Waals surface area contributed by atoms with Gasteiger partial charge in [-0.15, -0.1) is 11.6 Å². The van der Waals surface area contributed by atoms with Crippen molar-refractivity contribution in [3.8, 4) is 0 Å². The average molecular weight is 409 g/mol. The Morgan fingerprint density at radius 1 is 1.35 bits per heavy atom. The van der Waals surface area contributed by atoms with Crippen LogP contribution in [-0.4, -0.2) is 9.55 Å². The molecule has 2 rings (SSSR count). The molecule has 1 aromatic heterocycles. The van der Waals surface area contributed by atoms with Crippen LogP contribution in [0.4, 0.5) is 4.39 Å². The summed E-state index contributed by atoms with van der Waals surface area (Å²) in [5.41, 5.74) is 1.68. The molecule has 0 aliphatic heterocycles. The van der Waals surface area contributed by atoms with Crippen molar-refractivity contribution in [2.24, 2.45) is 5.92 Å². The van der Waals surface area contributed by atoms with E-state index in [2.05, 4.69) is 23.4 Å². The highest BCUT2D eigenvalue weighted by Gasteiger charge is 2.12. The number of nitrogens with zero attached hydrogens (tertiary/aromatic N) is 2. The molecule has 1 heterocycles. The number of rotatable bonds is 6. The number of hydrogen-bond donors (Lipinski definition) is 0. The lowest BCUT2D eigenvalue weighted by Gasteiger charge is -2.09. The normalized spacial score (nSPS) is 11.7. The van der Waals surface area contributed by atoms with Crippen molar-refractivity contribution in [1.29, 1.82) is 0 Å². The average Bonchev–Trinajstić information content (AvgIpc) is 2.72. The molecule has 0 unspecified atom stereocenters. The Hall–Kier alpha value is -0.360. The van der Waals surface area contributed by atoms with Crippen LogP contribution in [0.5, 0.6) is 0 Å². The Bertz CT molecular complexity index is 595. The maximum atomic E-state index is 13.8. The van der Waals surface area contributed by atoms with Gasteiger partial charge in [0.2, 0.25) is 0 Å². The number of benzene rings is 1. The van der Waals surface area contributed by atoms with E-state index in [1.54, 1.807) is 12.1 Å². The first-order valence-electron chi connectivity index (χ1n) is 6.93. The molecule has 0 radical (unpaired) electrons. The van der Waals surface area contributed by atoms with Gasteiger partial charge in [0.05, 0.1) is 20.5 Å². The quantitative estimate of drug-likeness (QED) is 0.358. The van der Waals surface area contributed by atoms with E-state index < -0.39 is 0 Å². The third-order valence-electron chi connectivity index (χ3n) is 3.40. The number of aromatic nitrogens is 2. The Morgan fingerprint density at radius 2 is 2.10 bits per heavy atom. The summed E-state index contributed by atoms with van der Waals surface area (Å²) < 4.78 is 16.4. The summed E-state index contributed by atoms with van der Waals surface area (Å²) in [5, 5.41) is 0. The first-order valence-corrected chi connectivity index (χ1v) is 8.54. The van der Waals surface area contributed by atoms with E-state index in [0.717, 1.165) is 35.7 Å². The minimum atomic E-state index is -0.192. The first-order chi connectivity index (χ1) is 9.52. The zero-order valence-electron chi connectivity index (χ0n) is 11.8. The van der Waals surface area contributed by atoms with Gasteiger partial charge < -0.3 is 4.57 Å². The van der Waals surface area contributed by atoms with Crippen molar-refractivity contribution in [2.45, 2.75) is 45.5 Å². The van der Waals surface area contributed by atoms with Crippen LogP contribution in [0, 0.1) is 15.3 Å². The number of fused-ring (bicyclic) bond motifs is 1. The van der Waals surface area contributed by atoms with E-state index in [0.29, 0.717) is 9.45 Å². The van der Waals surface area contributed by atoms with Gasteiger partial charge in [0.1, 0.15) is 11.6 Å². The largest absolute Gasteiger partial charge is 0.327 e. The van der Waals surface area contributed by atoms with Crippen LogP contribution in [0.3, 0.4) is 0 Å². The van der Waals surface area contributed by atoms with Crippen LogP contribution in [0.1, 0.15) is 38.9 Å². The fraction of sp³-hybridized carbons (Fsp3) is 0.533. The molecule has 0 fully saturated rings. The van der Waals surface area contributed by atoms with Crippen LogP contribution in [0.15, 0.2) is 12.1 Å². The molecule has 1 aromatic carbocycles. The van der Waals surface area contributed by atoms with Crippen LogP contribution in [-0.2, 0) is 12.4 Å². The van der Waals surface area contributed by atoms with Crippen molar-refractivity contribution >= 4 is 45.2 Å². The molecule has 2 aromatic rings. The number of alkyl halides is 1. The van der Waals surface area contributed by atoms with Gasteiger partial charge >= 0.3 is 0 Å². The lowest BCUT2D eigenvalue weighted by atomic mass is 10.1. The fourth-order valence-corrected chi connectivity index (χ4v) is 3.00. The number of aryl methyl sites for hydroxylation is 1. The summed E-state index contributed by atoms with van der Waals surface area (Å²) in [4.78, 5) is 4.51. The van der Waals surface area contributed by atoms with Gasteiger partial charge in [-0.3, -0.25) is 0 Å². The predicted molar refractivity (Wildman–Crippen MR) is 90.7 cm³/mol. The second-order valence-electron chi connectivity index (χ2n) is 5.46. The van der Waals surface area contributed by atoms with Crippen molar-refractivity contribution in [1.82, 2.24) is 9.55 Å². The minimum Gasteiger partial charge on any atom is -0.327 e. The van der Waals surface area contributed by atoms with Crippen molar-refractivity contribution in [3.05, 3.63) is 27.3 Å². The number of halogens is 3. The lowest BCUT2D eigenvalue weighted by molar-refractivity contribution is 0.509. The molecule has 0 atom stereocenters. The van der Waals surface area contributed by atoms with Crippen molar-refractivity contribution in [2.75, 3.05) is 0 Å². The third kappa shape index (κ3) is 3.64. The van der Waals surface area contributed by atoms with E-state index in [1.807, 2.05) is 22.6 Å². The van der Waals surface area contributed by atoms with Gasteiger partial charge in [-0.25, -0.2) is 9.37 Å². The SMILES string of the molecule is CC(C)CCCCn1c(CCl)nc2cc(I)c(F)cc21. The van der Waals surface area contributed by atoms with Crippen molar-refractivity contribution < 1.29 is 4.39 Å². The van der Waals surface area contributed by atoms with Gasteiger partial charge in [0, 0.05) is 12.6 Å². The van der Waals surface area contributed by atoms with E-state index in [-0.39, 0.29) is 5.82 Å². The maximum absolute atomic E-state index is 13.8. The van der Waals surface area contributed by atoms with Gasteiger partial charge in [0.15, 0.2) is 0 Å². The molecular weight excluding hydrogens is 390 g/mol. The molecule has 0 bridgehead atoms. The molecule has 0 saturated heterocycles. The molecular formula is C15H19ClFIN2. The summed E-state index contributed by atoms with van der Waals surface area (Å²) in [6.07, 6.45) is 3.46. The van der Waals surface area contributed by atoms with Crippen LogP contribution in [0.25, 0.3) is 11.0 Å². The Balaban J connectivity index is 2.23. The summed E-state index contributed by atoms with van der Waals surface area (Å²) in [6.45, 7) is 5.31. The Kier molecular flexibility index (Phi) is 5.66. The Morgan fingerprint density at radius 3 is 2.75 bits per heavy atom. The maximum Gasteiger partial charge on any atom is 0.138 e. The zero-order chi connectivity index (χ0) is 14.7. The van der Waals surface area contributed by atoms with E-state index in [9.17, 15) is 4.39 Å². The molecule has 0 amide bonds. The molecule has 0 N–H and O–H groups in total. The number of imidazole rings is 1. The minimum absolute atomic E-state index is 0.192. The molecule has 0 aliphatic carbocycles. The summed E-state index contributed by atoms with van der Waals surface area (Å²) >= 11 is 7.96. The summed E-state index contributed by atoms with van der Waals surface area (Å²) in [7, 11) is 0. The number of unbranched alkanes of at least 4 members (excludes halogenated alkanes) is 1. The Labute approximate surface area is 137 Å². The standard InChI is InChI=1S/C15H19ClFIN2/c1-10(2)5-3-4-6-20-14-7-11(17)12(18)8-13(14)19-15(20)9-16/h7-8,10H,3-6,9H2,1-2H3. The second-order valence-corrected chi connectivity index (χ2v) is 6.89. The third-order valence-corrected chi connectivity index (χ3v) is 4.47. The van der Waals surface area contributed by atoms with Gasteiger partial charge in [-0.1, -0.05) is 26.7 Å². The van der Waals surface area contributed by atoms with Crippen LogP contribution < -0.4 is 0 Å². The number of hydrogen-bond acceptors (Lipinski definition) is 1. The van der Waals surface area contributed by atoms with Gasteiger partial charge in [-0.05, 0) is 41.0 Å². The zero-order valence-corrected chi connectivity index (χ0v) is 14.7. The first kappa shape index (κ1) is 16.0. The van der Waals surface area contributed by atoms with E-state index in [1.165, 1.54) is 12.8 Å². The molecule has 0 spiro atoms. The van der Waals surface area contributed by atoms with Gasteiger partial charge in [-0.2, -0.15) is 0 Å². The molecule has 110 valence electrons. The smallest absolute Gasteiger partial charge is 0.138 e. The van der Waals surface area contributed by atoms with Gasteiger partial charge in [0.25, 0.3) is 0 Å². The molecule has 5 heteroatoms. The van der Waals surface area contributed by atoms with Crippen molar-refractivity contribution in [3.63, 3.8) is 0 Å². The highest BCUT2D eigenvalue weighted by atomic mass is 127. The summed E-state index contributed by atoms with van der Waals surface area (Å²) in [5.74, 6) is 1.72. The predicted octanol–water partition coefficient (Wildman–Crippen LogP) is 5.35. The van der Waals surface area contributed by atoms with Crippen LogP contribution in [0.2, 0.25) is 0 Å². The second kappa shape index (κ2) is 7.07. The highest BCUT2D eigenvalue weighted by molar-refractivity contribution is 14.1. The van der Waals surface area contributed by atoms with E-state index >= 15 is 0 Å². The highest BCUT2D eigenvalue weighted by Crippen LogP contribution is 2.23. The molecule has 20 heavy (non-hydrogen) atoms.